The van der Waals surface area contributed by atoms with Crippen LogP contribution in [0.25, 0.3) is 0 Å². The predicted molar refractivity (Wildman–Crippen MR) is 123 cm³/mol. The fourth-order valence-corrected chi connectivity index (χ4v) is 6.99. The summed E-state index contributed by atoms with van der Waals surface area (Å²) < 4.78 is 39.2. The molecule has 0 bridgehead atoms. The fraction of sp³-hybridized carbons (Fsp3) is 0.708. The van der Waals surface area contributed by atoms with Crippen LogP contribution in [0.4, 0.5) is 0 Å². The monoisotopic (exact) mass is 477 g/mol. The van der Waals surface area contributed by atoms with E-state index in [0.29, 0.717) is 56.8 Å². The van der Waals surface area contributed by atoms with E-state index < -0.39 is 10.0 Å². The number of fused-ring (bicyclic) bond motifs is 1. The zero-order valence-electron chi connectivity index (χ0n) is 19.3. The van der Waals surface area contributed by atoms with Crippen LogP contribution < -0.4 is 0 Å². The highest BCUT2D eigenvalue weighted by molar-refractivity contribution is 7.89. The molecule has 1 aromatic rings. The number of piperazine rings is 1. The van der Waals surface area contributed by atoms with Gasteiger partial charge < -0.3 is 14.4 Å². The van der Waals surface area contributed by atoms with Crippen molar-refractivity contribution in [2.24, 2.45) is 5.92 Å². The number of rotatable bonds is 5. The van der Waals surface area contributed by atoms with Gasteiger partial charge in [-0.3, -0.25) is 9.69 Å². The Kier molecular flexibility index (Phi) is 7.04. The molecule has 0 radical (unpaired) electrons. The normalized spacial score (nSPS) is 24.2. The topological polar surface area (TPSA) is 79.4 Å². The molecule has 3 saturated heterocycles. The first kappa shape index (κ1) is 23.2. The van der Waals surface area contributed by atoms with Crippen LogP contribution in [-0.4, -0.2) is 93.7 Å². The first-order chi connectivity index (χ1) is 16.0. The van der Waals surface area contributed by atoms with Crippen LogP contribution in [0.2, 0.25) is 0 Å². The molecule has 0 aromatic heterocycles. The van der Waals surface area contributed by atoms with Crippen molar-refractivity contribution in [2.45, 2.75) is 49.7 Å². The average molecular weight is 478 g/mol. The van der Waals surface area contributed by atoms with Gasteiger partial charge in [-0.1, -0.05) is 6.07 Å². The molecule has 0 spiro atoms. The molecular weight excluding hydrogens is 442 g/mol. The number of hydrogen-bond donors (Lipinski definition) is 0. The molecule has 3 aliphatic heterocycles. The van der Waals surface area contributed by atoms with Crippen molar-refractivity contribution in [1.29, 1.82) is 0 Å². The van der Waals surface area contributed by atoms with E-state index >= 15 is 0 Å². The molecule has 182 valence electrons. The molecule has 3 fully saturated rings. The maximum Gasteiger partial charge on any atom is 0.243 e. The second-order valence-electron chi connectivity index (χ2n) is 9.65. The summed E-state index contributed by atoms with van der Waals surface area (Å²) in [6, 6.07) is 5.60. The quantitative estimate of drug-likeness (QED) is 0.639. The number of benzene rings is 1. The predicted octanol–water partition coefficient (Wildman–Crippen LogP) is 1.48. The van der Waals surface area contributed by atoms with Crippen molar-refractivity contribution in [3.05, 3.63) is 29.3 Å². The summed E-state index contributed by atoms with van der Waals surface area (Å²) in [5, 5.41) is 0. The molecule has 9 heteroatoms. The fourth-order valence-electron chi connectivity index (χ4n) is 5.52. The van der Waals surface area contributed by atoms with Crippen LogP contribution in [-0.2, 0) is 37.1 Å². The molecule has 33 heavy (non-hydrogen) atoms. The Morgan fingerprint density at radius 1 is 0.909 bits per heavy atom. The molecule has 3 heterocycles. The number of aryl methyl sites for hydroxylation is 2. The zero-order chi connectivity index (χ0) is 22.8. The largest absolute Gasteiger partial charge is 0.350 e. The molecule has 0 atom stereocenters. The van der Waals surface area contributed by atoms with E-state index in [1.807, 2.05) is 17.0 Å². The molecule has 0 N–H and O–H groups in total. The van der Waals surface area contributed by atoms with Gasteiger partial charge in [-0.15, -0.1) is 0 Å². The van der Waals surface area contributed by atoms with Gasteiger partial charge in [-0.2, -0.15) is 4.31 Å². The van der Waals surface area contributed by atoms with Crippen molar-refractivity contribution in [3.63, 3.8) is 0 Å². The third-order valence-electron chi connectivity index (χ3n) is 7.57. The number of carbonyl (C=O) groups excluding carboxylic acids is 1. The first-order valence-corrected chi connectivity index (χ1v) is 13.8. The lowest BCUT2D eigenvalue weighted by molar-refractivity contribution is -0.135. The van der Waals surface area contributed by atoms with Gasteiger partial charge in [0, 0.05) is 32.1 Å². The van der Waals surface area contributed by atoms with E-state index in [9.17, 15) is 13.2 Å². The summed E-state index contributed by atoms with van der Waals surface area (Å²) in [7, 11) is -3.52. The van der Waals surface area contributed by atoms with Gasteiger partial charge >= 0.3 is 0 Å². The number of ether oxygens (including phenoxy) is 2. The van der Waals surface area contributed by atoms with E-state index in [0.717, 1.165) is 45.2 Å². The van der Waals surface area contributed by atoms with Crippen LogP contribution in [0.3, 0.4) is 0 Å². The maximum absolute atomic E-state index is 13.2. The van der Waals surface area contributed by atoms with Crippen LogP contribution in [0.5, 0.6) is 0 Å². The molecule has 0 saturated carbocycles. The third kappa shape index (κ3) is 5.12. The average Bonchev–Trinajstić information content (AvgIpc) is 3.39. The minimum absolute atomic E-state index is 0.0759. The summed E-state index contributed by atoms with van der Waals surface area (Å²) in [6.07, 6.45) is 6.17. The van der Waals surface area contributed by atoms with Crippen LogP contribution in [0.15, 0.2) is 23.1 Å². The maximum atomic E-state index is 13.2. The number of sulfonamides is 1. The highest BCUT2D eigenvalue weighted by atomic mass is 32.2. The van der Waals surface area contributed by atoms with Gasteiger partial charge in [0.2, 0.25) is 15.9 Å². The minimum Gasteiger partial charge on any atom is -0.350 e. The van der Waals surface area contributed by atoms with Gasteiger partial charge in [0.05, 0.1) is 24.7 Å². The van der Waals surface area contributed by atoms with Crippen molar-refractivity contribution < 1.29 is 22.7 Å². The highest BCUT2D eigenvalue weighted by Crippen LogP contribution is 2.27. The number of carbonyl (C=O) groups is 1. The molecule has 1 amide bonds. The number of likely N-dealkylation sites (tertiary alicyclic amines) is 1. The number of piperidine rings is 1. The van der Waals surface area contributed by atoms with Crippen molar-refractivity contribution in [2.75, 3.05) is 59.0 Å². The summed E-state index contributed by atoms with van der Waals surface area (Å²) in [5.41, 5.74) is 2.45. The standard InChI is InChI=1S/C24H35N3O5S/c28-23(18-25-9-7-20(8-10-25)24-31-15-16-32-24)26-11-13-27(14-12-26)33(29,30)22-6-5-19-3-1-2-4-21(19)17-22/h5-6,17,20,24H,1-4,7-16,18H2. The number of nitrogens with zero attached hydrogens (tertiary/aromatic N) is 3. The lowest BCUT2D eigenvalue weighted by Gasteiger charge is -2.37. The zero-order valence-corrected chi connectivity index (χ0v) is 20.1. The third-order valence-corrected chi connectivity index (χ3v) is 9.47. The Hall–Kier alpha value is -1.52. The Bertz CT molecular complexity index is 947. The van der Waals surface area contributed by atoms with Gasteiger partial charge in [0.15, 0.2) is 6.29 Å². The highest BCUT2D eigenvalue weighted by Gasteiger charge is 2.33. The van der Waals surface area contributed by atoms with E-state index in [-0.39, 0.29) is 12.2 Å². The van der Waals surface area contributed by atoms with E-state index in [1.165, 1.54) is 21.9 Å². The second-order valence-corrected chi connectivity index (χ2v) is 11.6. The SMILES string of the molecule is O=C(CN1CCC(C2OCCO2)CC1)N1CCN(S(=O)(=O)c2ccc3c(c2)CCCC3)CC1. The lowest BCUT2D eigenvalue weighted by Crippen LogP contribution is -2.53. The van der Waals surface area contributed by atoms with Gasteiger partial charge in [0.25, 0.3) is 0 Å². The second kappa shape index (κ2) is 10.00. The van der Waals surface area contributed by atoms with Crippen molar-refractivity contribution in [1.82, 2.24) is 14.1 Å². The smallest absolute Gasteiger partial charge is 0.243 e. The Morgan fingerprint density at radius 3 is 2.27 bits per heavy atom. The number of amides is 1. The first-order valence-electron chi connectivity index (χ1n) is 12.4. The summed E-state index contributed by atoms with van der Waals surface area (Å²) in [5.74, 6) is 0.504. The Balaban J connectivity index is 1.11. The molecule has 1 aromatic carbocycles. The van der Waals surface area contributed by atoms with E-state index in [4.69, 9.17) is 9.47 Å². The molecule has 5 rings (SSSR count). The minimum atomic E-state index is -3.52. The van der Waals surface area contributed by atoms with Crippen LogP contribution in [0, 0.1) is 5.92 Å². The summed E-state index contributed by atoms with van der Waals surface area (Å²) in [6.45, 7) is 5.09. The Morgan fingerprint density at radius 2 is 1.58 bits per heavy atom. The van der Waals surface area contributed by atoms with Gasteiger partial charge in [-0.05, 0) is 74.9 Å². The molecular formula is C24H35N3O5S. The Labute approximate surface area is 196 Å². The van der Waals surface area contributed by atoms with Crippen LogP contribution >= 0.6 is 0 Å². The number of hydrogen-bond acceptors (Lipinski definition) is 6. The molecule has 8 nitrogen and oxygen atoms in total. The van der Waals surface area contributed by atoms with Gasteiger partial charge in [0.1, 0.15) is 0 Å². The van der Waals surface area contributed by atoms with Crippen molar-refractivity contribution >= 4 is 15.9 Å². The molecule has 1 aliphatic carbocycles. The van der Waals surface area contributed by atoms with E-state index in [2.05, 4.69) is 4.90 Å². The van der Waals surface area contributed by atoms with Gasteiger partial charge in [-0.25, -0.2) is 8.42 Å². The van der Waals surface area contributed by atoms with E-state index in [1.54, 1.807) is 6.07 Å². The summed E-state index contributed by atoms with van der Waals surface area (Å²) in [4.78, 5) is 17.3. The van der Waals surface area contributed by atoms with Crippen LogP contribution in [0.1, 0.15) is 36.8 Å². The molecule has 0 unspecified atom stereocenters. The lowest BCUT2D eigenvalue weighted by atomic mass is 9.92. The van der Waals surface area contributed by atoms with Crippen molar-refractivity contribution in [3.8, 4) is 0 Å². The molecule has 4 aliphatic rings. The summed E-state index contributed by atoms with van der Waals surface area (Å²) >= 11 is 0.